The second-order valence-electron chi connectivity index (χ2n) is 6.68. The van der Waals surface area contributed by atoms with Gasteiger partial charge in [0.2, 0.25) is 0 Å². The highest BCUT2D eigenvalue weighted by molar-refractivity contribution is 7.99. The summed E-state index contributed by atoms with van der Waals surface area (Å²) in [5.74, 6) is 0.667. The van der Waals surface area contributed by atoms with Crippen LogP contribution in [0.15, 0.2) is 66.8 Å². The molecule has 0 N–H and O–H groups in total. The number of carbonyl (C=O) groups excluding carboxylic acids is 1. The first-order valence-electron chi connectivity index (χ1n) is 9.15. The summed E-state index contributed by atoms with van der Waals surface area (Å²) in [6, 6.07) is 9.26. The Hall–Kier alpha value is -2.69. The Balaban J connectivity index is 1.40. The number of thiophene rings is 2. The van der Waals surface area contributed by atoms with E-state index in [9.17, 15) is 9.59 Å². The van der Waals surface area contributed by atoms with E-state index in [1.54, 1.807) is 35.7 Å². The predicted molar refractivity (Wildman–Crippen MR) is 119 cm³/mol. The van der Waals surface area contributed by atoms with Crippen LogP contribution in [0.5, 0.6) is 0 Å². The molecule has 7 nitrogen and oxygen atoms in total. The van der Waals surface area contributed by atoms with Gasteiger partial charge in [-0.25, -0.2) is 9.99 Å². The van der Waals surface area contributed by atoms with E-state index in [0.29, 0.717) is 27.6 Å². The van der Waals surface area contributed by atoms with Crippen molar-refractivity contribution in [1.29, 1.82) is 0 Å². The third-order valence-electron chi connectivity index (χ3n) is 4.83. The topological polar surface area (TPSA) is 80.7 Å². The van der Waals surface area contributed by atoms with Gasteiger partial charge in [0.1, 0.15) is 16.3 Å². The summed E-state index contributed by atoms with van der Waals surface area (Å²) in [6.45, 7) is 0. The van der Waals surface area contributed by atoms with E-state index < -0.39 is 0 Å². The lowest BCUT2D eigenvalue weighted by Gasteiger charge is -2.20. The van der Waals surface area contributed by atoms with Crippen LogP contribution in [-0.4, -0.2) is 31.9 Å². The Morgan fingerprint density at radius 1 is 1.27 bits per heavy atom. The molecule has 5 heterocycles. The highest BCUT2D eigenvalue weighted by Gasteiger charge is 2.34. The van der Waals surface area contributed by atoms with Crippen molar-refractivity contribution < 1.29 is 9.21 Å². The van der Waals surface area contributed by atoms with Crippen molar-refractivity contribution in [3.8, 4) is 0 Å². The summed E-state index contributed by atoms with van der Waals surface area (Å²) in [4.78, 5) is 31.9. The Labute approximate surface area is 183 Å². The lowest BCUT2D eigenvalue weighted by Crippen LogP contribution is -2.28. The maximum atomic E-state index is 13.1. The number of carbonyl (C=O) groups is 1. The summed E-state index contributed by atoms with van der Waals surface area (Å²) < 4.78 is 6.98. The molecule has 1 aliphatic heterocycles. The number of fused-ring (bicyclic) bond motifs is 1. The van der Waals surface area contributed by atoms with E-state index in [-0.39, 0.29) is 23.3 Å². The van der Waals surface area contributed by atoms with Crippen molar-refractivity contribution >= 4 is 56.3 Å². The van der Waals surface area contributed by atoms with Gasteiger partial charge in [0, 0.05) is 18.3 Å². The minimum Gasteiger partial charge on any atom is -0.463 e. The number of hydrogen-bond donors (Lipinski definition) is 0. The van der Waals surface area contributed by atoms with E-state index in [2.05, 4.69) is 10.1 Å². The van der Waals surface area contributed by atoms with Crippen LogP contribution >= 0.6 is 34.4 Å². The van der Waals surface area contributed by atoms with Crippen LogP contribution in [0.1, 0.15) is 23.1 Å². The predicted octanol–water partition coefficient (Wildman–Crippen LogP) is 4.12. The summed E-state index contributed by atoms with van der Waals surface area (Å²) in [6.07, 6.45) is 2.20. The normalized spacial score (nSPS) is 16.4. The van der Waals surface area contributed by atoms with Gasteiger partial charge in [-0.05, 0) is 35.0 Å². The molecule has 0 saturated heterocycles. The molecule has 4 aromatic rings. The Morgan fingerprint density at radius 2 is 2.17 bits per heavy atom. The Morgan fingerprint density at radius 3 is 2.93 bits per heavy atom. The lowest BCUT2D eigenvalue weighted by molar-refractivity contribution is -0.130. The zero-order valence-corrected chi connectivity index (χ0v) is 18.3. The average molecular weight is 457 g/mol. The van der Waals surface area contributed by atoms with Crippen molar-refractivity contribution in [2.75, 3.05) is 5.75 Å². The maximum Gasteiger partial charge on any atom is 0.262 e. The fourth-order valence-corrected chi connectivity index (χ4v) is 5.78. The number of hydrogen-bond acceptors (Lipinski definition) is 8. The number of thioether (sulfide) groups is 1. The average Bonchev–Trinajstić information content (AvgIpc) is 3.55. The molecular weight excluding hydrogens is 440 g/mol. The molecule has 0 saturated carbocycles. The van der Waals surface area contributed by atoms with Gasteiger partial charge in [0.15, 0.2) is 5.16 Å². The molecule has 0 aromatic carbocycles. The van der Waals surface area contributed by atoms with Gasteiger partial charge in [0.25, 0.3) is 11.5 Å². The number of furan rings is 1. The Bertz CT molecular complexity index is 1290. The van der Waals surface area contributed by atoms with Crippen LogP contribution in [0.2, 0.25) is 0 Å². The van der Waals surface area contributed by atoms with E-state index >= 15 is 0 Å². The first-order valence-corrected chi connectivity index (χ1v) is 11.9. The van der Waals surface area contributed by atoms with E-state index in [1.807, 2.05) is 35.0 Å². The molecule has 1 atom stereocenters. The quantitative estimate of drug-likeness (QED) is 0.333. The van der Waals surface area contributed by atoms with Gasteiger partial charge < -0.3 is 4.42 Å². The molecule has 4 aromatic heterocycles. The van der Waals surface area contributed by atoms with Crippen molar-refractivity contribution in [2.24, 2.45) is 12.1 Å². The summed E-state index contributed by atoms with van der Waals surface area (Å²) in [5.41, 5.74) is 0.647. The monoisotopic (exact) mass is 456 g/mol. The van der Waals surface area contributed by atoms with Crippen molar-refractivity contribution in [3.63, 3.8) is 0 Å². The molecule has 0 radical (unpaired) electrons. The number of hydrazone groups is 1. The van der Waals surface area contributed by atoms with Crippen LogP contribution in [0.4, 0.5) is 0 Å². The molecular formula is C20H16N4O3S3. The fourth-order valence-electron chi connectivity index (χ4n) is 3.34. The van der Waals surface area contributed by atoms with Crippen LogP contribution in [0.3, 0.4) is 0 Å². The molecule has 0 aliphatic carbocycles. The van der Waals surface area contributed by atoms with Crippen LogP contribution in [0, 0.1) is 0 Å². The molecule has 0 spiro atoms. The van der Waals surface area contributed by atoms with Gasteiger partial charge >= 0.3 is 0 Å². The molecule has 0 fully saturated rings. The van der Waals surface area contributed by atoms with E-state index in [0.717, 1.165) is 10.6 Å². The third-order valence-corrected chi connectivity index (χ3v) is 7.63. The Kier molecular flexibility index (Phi) is 5.05. The number of amides is 1. The summed E-state index contributed by atoms with van der Waals surface area (Å²) in [7, 11) is 1.68. The van der Waals surface area contributed by atoms with Gasteiger partial charge in [0.05, 0.1) is 23.4 Å². The summed E-state index contributed by atoms with van der Waals surface area (Å²) in [5, 5.41) is 11.1. The third kappa shape index (κ3) is 3.40. The molecule has 30 heavy (non-hydrogen) atoms. The largest absolute Gasteiger partial charge is 0.463 e. The zero-order chi connectivity index (χ0) is 20.7. The summed E-state index contributed by atoms with van der Waals surface area (Å²) >= 11 is 4.27. The highest BCUT2D eigenvalue weighted by atomic mass is 32.2. The second kappa shape index (κ2) is 7.86. The molecule has 152 valence electrons. The molecule has 5 rings (SSSR count). The van der Waals surface area contributed by atoms with Gasteiger partial charge in [-0.1, -0.05) is 17.8 Å². The zero-order valence-electron chi connectivity index (χ0n) is 15.8. The van der Waals surface area contributed by atoms with Crippen molar-refractivity contribution in [2.45, 2.75) is 17.6 Å². The minimum absolute atomic E-state index is 0.105. The van der Waals surface area contributed by atoms with Gasteiger partial charge in [-0.15, -0.1) is 22.7 Å². The molecule has 1 amide bonds. The smallest absolute Gasteiger partial charge is 0.262 e. The van der Waals surface area contributed by atoms with Crippen molar-refractivity contribution in [1.82, 2.24) is 14.6 Å². The van der Waals surface area contributed by atoms with Gasteiger partial charge in [-0.3, -0.25) is 14.2 Å². The highest BCUT2D eigenvalue weighted by Crippen LogP contribution is 2.36. The first kappa shape index (κ1) is 19.3. The van der Waals surface area contributed by atoms with E-state index in [4.69, 9.17) is 4.42 Å². The van der Waals surface area contributed by atoms with Crippen molar-refractivity contribution in [3.05, 3.63) is 68.3 Å². The fraction of sp³-hybridized carbons (Fsp3) is 0.200. The van der Waals surface area contributed by atoms with Crippen LogP contribution in [0.25, 0.3) is 10.2 Å². The van der Waals surface area contributed by atoms with Gasteiger partial charge in [-0.2, -0.15) is 5.10 Å². The number of rotatable bonds is 5. The standard InChI is InChI=1S/C20H16N4O3S3/c1-23-19(26)12-6-9-29-18(12)21-20(23)30-11-17(25)24-14(16-5-3-8-28-16)10-13(22-24)15-4-2-7-27-15/h2-9,14H,10-11H2,1H3. The lowest BCUT2D eigenvalue weighted by atomic mass is 10.1. The second-order valence-corrected chi connectivity index (χ2v) is 9.50. The maximum absolute atomic E-state index is 13.1. The van der Waals surface area contributed by atoms with E-state index in [1.165, 1.54) is 27.7 Å². The first-order chi connectivity index (χ1) is 14.6. The molecule has 1 unspecified atom stereocenters. The number of nitrogens with zero attached hydrogens (tertiary/aromatic N) is 4. The minimum atomic E-state index is -0.158. The SMILES string of the molecule is Cn1c(SCC(=O)N2N=C(c3ccco3)CC2c2cccs2)nc2sccc2c1=O. The number of aromatic nitrogens is 2. The molecule has 10 heteroatoms. The van der Waals surface area contributed by atoms with Crippen LogP contribution < -0.4 is 5.56 Å². The molecule has 1 aliphatic rings. The molecule has 0 bridgehead atoms. The van der Waals surface area contributed by atoms with Crippen LogP contribution in [-0.2, 0) is 11.8 Å².